The molecule has 0 aliphatic carbocycles. The van der Waals surface area contributed by atoms with E-state index in [-0.39, 0.29) is 18.7 Å². The van der Waals surface area contributed by atoms with Crippen molar-refractivity contribution in [2.75, 3.05) is 6.61 Å². The summed E-state index contributed by atoms with van der Waals surface area (Å²) in [7, 11) is 0. The average molecular weight is 240 g/mol. The van der Waals surface area contributed by atoms with E-state index in [1.165, 1.54) is 6.20 Å². The van der Waals surface area contributed by atoms with Gasteiger partial charge in [0.05, 0.1) is 18.6 Å². The molecule has 0 fully saturated rings. The summed E-state index contributed by atoms with van der Waals surface area (Å²) < 4.78 is 29.8. The molecule has 0 saturated carbocycles. The van der Waals surface area contributed by atoms with Gasteiger partial charge >= 0.3 is 5.97 Å². The number of nitrogens with zero attached hydrogens (tertiary/aromatic N) is 2. The SMILES string of the molecule is CCOC(=O)Cc1cnc(C#N)c(C(F)F)c1. The predicted molar refractivity (Wildman–Crippen MR) is 54.2 cm³/mol. The number of ether oxygens (including phenoxy) is 1. The molecule has 1 aromatic heterocycles. The molecule has 0 aromatic carbocycles. The van der Waals surface area contributed by atoms with Crippen LogP contribution in [-0.4, -0.2) is 17.6 Å². The van der Waals surface area contributed by atoms with Gasteiger partial charge in [0.25, 0.3) is 6.43 Å². The lowest BCUT2D eigenvalue weighted by Gasteiger charge is -2.05. The second-order valence-corrected chi connectivity index (χ2v) is 3.18. The van der Waals surface area contributed by atoms with E-state index in [2.05, 4.69) is 9.72 Å². The fourth-order valence-corrected chi connectivity index (χ4v) is 1.26. The standard InChI is InChI=1S/C11H10F2N2O2/c1-2-17-10(16)4-7-3-8(11(12)13)9(5-14)15-6-7/h3,6,11H,2,4H2,1H3. The van der Waals surface area contributed by atoms with Crippen molar-refractivity contribution >= 4 is 5.97 Å². The van der Waals surface area contributed by atoms with Crippen molar-refractivity contribution < 1.29 is 18.3 Å². The zero-order chi connectivity index (χ0) is 12.8. The number of pyridine rings is 1. The Morgan fingerprint density at radius 3 is 2.88 bits per heavy atom. The number of carbonyl (C=O) groups excluding carboxylic acids is 1. The summed E-state index contributed by atoms with van der Waals surface area (Å²) in [5.74, 6) is -0.515. The van der Waals surface area contributed by atoms with Crippen LogP contribution in [0.3, 0.4) is 0 Å². The molecule has 0 bridgehead atoms. The largest absolute Gasteiger partial charge is 0.466 e. The smallest absolute Gasteiger partial charge is 0.310 e. The van der Waals surface area contributed by atoms with Crippen LogP contribution in [0.15, 0.2) is 12.3 Å². The quantitative estimate of drug-likeness (QED) is 0.755. The van der Waals surface area contributed by atoms with Gasteiger partial charge in [0.1, 0.15) is 11.8 Å². The van der Waals surface area contributed by atoms with Crippen LogP contribution in [-0.2, 0) is 16.0 Å². The van der Waals surface area contributed by atoms with E-state index in [0.29, 0.717) is 5.56 Å². The van der Waals surface area contributed by atoms with Crippen LogP contribution >= 0.6 is 0 Å². The Bertz CT molecular complexity index is 455. The molecule has 4 nitrogen and oxygen atoms in total. The molecular formula is C11H10F2N2O2. The van der Waals surface area contributed by atoms with Crippen molar-refractivity contribution in [3.63, 3.8) is 0 Å². The van der Waals surface area contributed by atoms with Crippen molar-refractivity contribution in [2.45, 2.75) is 19.8 Å². The van der Waals surface area contributed by atoms with Gasteiger partial charge in [-0.3, -0.25) is 4.79 Å². The van der Waals surface area contributed by atoms with E-state index in [1.807, 2.05) is 0 Å². The lowest BCUT2D eigenvalue weighted by molar-refractivity contribution is -0.142. The summed E-state index contributed by atoms with van der Waals surface area (Å²) in [4.78, 5) is 14.7. The van der Waals surface area contributed by atoms with Crippen molar-refractivity contribution in [3.05, 3.63) is 29.1 Å². The Morgan fingerprint density at radius 2 is 2.35 bits per heavy atom. The number of nitriles is 1. The van der Waals surface area contributed by atoms with Gasteiger partial charge in [-0.05, 0) is 18.6 Å². The van der Waals surface area contributed by atoms with Crippen molar-refractivity contribution in [1.29, 1.82) is 5.26 Å². The minimum Gasteiger partial charge on any atom is -0.466 e. The number of aromatic nitrogens is 1. The van der Waals surface area contributed by atoms with Crippen molar-refractivity contribution in [2.24, 2.45) is 0 Å². The first-order chi connectivity index (χ1) is 8.08. The zero-order valence-electron chi connectivity index (χ0n) is 9.11. The topological polar surface area (TPSA) is 63.0 Å². The molecular weight excluding hydrogens is 230 g/mol. The molecule has 0 aliphatic heterocycles. The predicted octanol–water partition coefficient (Wildman–Crippen LogP) is 2.00. The highest BCUT2D eigenvalue weighted by Gasteiger charge is 2.16. The zero-order valence-corrected chi connectivity index (χ0v) is 9.11. The minimum absolute atomic E-state index is 0.133. The van der Waals surface area contributed by atoms with Crippen LogP contribution < -0.4 is 0 Å². The summed E-state index contributed by atoms with van der Waals surface area (Å²) >= 11 is 0. The minimum atomic E-state index is -2.79. The fraction of sp³-hybridized carbons (Fsp3) is 0.364. The summed E-state index contributed by atoms with van der Waals surface area (Å²) in [6.07, 6.45) is -1.70. The monoisotopic (exact) mass is 240 g/mol. The van der Waals surface area contributed by atoms with Gasteiger partial charge in [-0.1, -0.05) is 0 Å². The Balaban J connectivity index is 2.93. The van der Waals surface area contributed by atoms with E-state index in [0.717, 1.165) is 6.07 Å². The molecule has 0 N–H and O–H groups in total. The molecule has 17 heavy (non-hydrogen) atoms. The lowest BCUT2D eigenvalue weighted by atomic mass is 10.1. The third-order valence-corrected chi connectivity index (χ3v) is 1.97. The average Bonchev–Trinajstić information content (AvgIpc) is 2.29. The second kappa shape index (κ2) is 5.89. The third-order valence-electron chi connectivity index (χ3n) is 1.97. The Morgan fingerprint density at radius 1 is 1.65 bits per heavy atom. The number of hydrogen-bond donors (Lipinski definition) is 0. The molecule has 6 heteroatoms. The highest BCUT2D eigenvalue weighted by molar-refractivity contribution is 5.72. The number of esters is 1. The van der Waals surface area contributed by atoms with Gasteiger partial charge in [0.15, 0.2) is 0 Å². The van der Waals surface area contributed by atoms with E-state index in [4.69, 9.17) is 5.26 Å². The van der Waals surface area contributed by atoms with E-state index >= 15 is 0 Å². The number of carbonyl (C=O) groups is 1. The van der Waals surface area contributed by atoms with E-state index in [1.54, 1.807) is 13.0 Å². The van der Waals surface area contributed by atoms with Gasteiger partial charge in [0, 0.05) is 6.20 Å². The number of hydrogen-bond acceptors (Lipinski definition) is 4. The highest BCUT2D eigenvalue weighted by Crippen LogP contribution is 2.22. The Kier molecular flexibility index (Phi) is 4.52. The molecule has 0 aliphatic rings. The normalized spacial score (nSPS) is 10.1. The van der Waals surface area contributed by atoms with Crippen LogP contribution in [0.5, 0.6) is 0 Å². The summed E-state index contributed by atoms with van der Waals surface area (Å²) in [6, 6.07) is 2.68. The van der Waals surface area contributed by atoms with Gasteiger partial charge in [-0.2, -0.15) is 5.26 Å². The second-order valence-electron chi connectivity index (χ2n) is 3.18. The van der Waals surface area contributed by atoms with Gasteiger partial charge in [-0.15, -0.1) is 0 Å². The first-order valence-electron chi connectivity index (χ1n) is 4.91. The molecule has 0 radical (unpaired) electrons. The fourth-order valence-electron chi connectivity index (χ4n) is 1.26. The third kappa shape index (κ3) is 3.48. The molecule has 0 unspecified atom stereocenters. The number of alkyl halides is 2. The molecule has 90 valence electrons. The van der Waals surface area contributed by atoms with E-state index in [9.17, 15) is 13.6 Å². The van der Waals surface area contributed by atoms with Crippen LogP contribution in [0.4, 0.5) is 8.78 Å². The number of halogens is 2. The van der Waals surface area contributed by atoms with Gasteiger partial charge in [0.2, 0.25) is 0 Å². The van der Waals surface area contributed by atoms with Crippen LogP contribution in [0.2, 0.25) is 0 Å². The Labute approximate surface area is 96.8 Å². The van der Waals surface area contributed by atoms with Gasteiger partial charge < -0.3 is 4.74 Å². The maximum absolute atomic E-state index is 12.6. The maximum Gasteiger partial charge on any atom is 0.310 e. The highest BCUT2D eigenvalue weighted by atomic mass is 19.3. The molecule has 0 spiro atoms. The van der Waals surface area contributed by atoms with Gasteiger partial charge in [-0.25, -0.2) is 13.8 Å². The maximum atomic E-state index is 12.6. The molecule has 1 heterocycles. The van der Waals surface area contributed by atoms with Crippen LogP contribution in [0, 0.1) is 11.3 Å². The van der Waals surface area contributed by atoms with Crippen molar-refractivity contribution in [3.8, 4) is 6.07 Å². The first-order valence-corrected chi connectivity index (χ1v) is 4.91. The van der Waals surface area contributed by atoms with E-state index < -0.39 is 18.0 Å². The molecule has 0 amide bonds. The molecule has 0 atom stereocenters. The molecule has 1 aromatic rings. The summed E-state index contributed by atoms with van der Waals surface area (Å²) in [5, 5.41) is 8.59. The van der Waals surface area contributed by atoms with Crippen LogP contribution in [0.1, 0.15) is 30.2 Å². The lowest BCUT2D eigenvalue weighted by Crippen LogP contribution is -2.08. The van der Waals surface area contributed by atoms with Crippen molar-refractivity contribution in [1.82, 2.24) is 4.98 Å². The molecule has 1 rings (SSSR count). The molecule has 0 saturated heterocycles. The Hall–Kier alpha value is -2.03. The van der Waals surface area contributed by atoms with Crippen LogP contribution in [0.25, 0.3) is 0 Å². The first kappa shape index (κ1) is 13.0. The summed E-state index contributed by atoms with van der Waals surface area (Å²) in [6.45, 7) is 1.88. The number of rotatable bonds is 4. The summed E-state index contributed by atoms with van der Waals surface area (Å²) in [5.41, 5.74) is -0.486.